The molecule has 6 rings (SSSR count). The Morgan fingerprint density at radius 3 is 2.54 bits per heavy atom. The number of phenols is 2. The number of rotatable bonds is 15. The molecule has 50 heavy (non-hydrogen) atoms. The van der Waals surface area contributed by atoms with Crippen molar-refractivity contribution in [1.29, 1.82) is 0 Å². The first-order valence-electron chi connectivity index (χ1n) is 18.3. The summed E-state index contributed by atoms with van der Waals surface area (Å²) < 4.78 is 11.6. The van der Waals surface area contributed by atoms with Crippen LogP contribution < -0.4 is 15.4 Å². The fourth-order valence-electron chi connectivity index (χ4n) is 7.87. The summed E-state index contributed by atoms with van der Waals surface area (Å²) in [5.74, 6) is 0.714. The van der Waals surface area contributed by atoms with Gasteiger partial charge in [0.15, 0.2) is 12.4 Å². The summed E-state index contributed by atoms with van der Waals surface area (Å²) in [6.45, 7) is 4.76. The number of carbonyl (C=O) groups excluding carboxylic acids is 2. The number of nitrogens with zero attached hydrogens (tertiary/aromatic N) is 2. The Hall–Kier alpha value is -4.12. The number of piperidine rings is 1. The van der Waals surface area contributed by atoms with E-state index in [1.54, 1.807) is 6.07 Å². The number of likely N-dealkylation sites (tertiary alicyclic amines) is 1. The second-order valence-corrected chi connectivity index (χ2v) is 14.0. The minimum absolute atomic E-state index is 0.00582. The van der Waals surface area contributed by atoms with Crippen LogP contribution in [0.5, 0.6) is 17.2 Å². The van der Waals surface area contributed by atoms with Crippen LogP contribution in [0.4, 0.5) is 5.69 Å². The van der Waals surface area contributed by atoms with E-state index in [1.165, 1.54) is 5.56 Å². The quantitative estimate of drug-likeness (QED) is 0.131. The number of benzene rings is 3. The van der Waals surface area contributed by atoms with Gasteiger partial charge >= 0.3 is 0 Å². The fourth-order valence-corrected chi connectivity index (χ4v) is 7.87. The molecule has 0 spiro atoms. The van der Waals surface area contributed by atoms with E-state index in [2.05, 4.69) is 52.9 Å². The van der Waals surface area contributed by atoms with Crippen LogP contribution in [0.15, 0.2) is 60.7 Å². The third-order valence-electron chi connectivity index (χ3n) is 10.8. The molecule has 1 aliphatic carbocycles. The molecule has 4 N–H and O–H groups in total. The highest BCUT2D eigenvalue weighted by Crippen LogP contribution is 2.45. The third kappa shape index (κ3) is 8.42. The molecule has 2 fully saturated rings. The Labute approximate surface area is 295 Å². The number of aromatic hydroxyl groups is 2. The van der Waals surface area contributed by atoms with Crippen LogP contribution in [0.3, 0.4) is 0 Å². The van der Waals surface area contributed by atoms with Crippen LogP contribution >= 0.6 is 0 Å². The zero-order valence-electron chi connectivity index (χ0n) is 29.3. The molecule has 10 heteroatoms. The average Bonchev–Trinajstić information content (AvgIpc) is 3.67. The molecule has 0 unspecified atom stereocenters. The standard InChI is InChI=1S/C40H52N4O6/c1-43-22-18-40(19-23-43,31-7-3-2-4-8-31)33-27-29(11-13-34(33)45)16-25-49-26-17-37(48)44(32-9-5-6-10-32)24-21-41-20-15-30-12-14-35(46)38-39(30)50-28-36(47)42-38/h2-4,7-8,11-14,27,32,41,45-46H,5-6,9-10,15-26,28H2,1H3,(H,42,47). The number of hydrogen-bond donors (Lipinski definition) is 4. The van der Waals surface area contributed by atoms with Crippen molar-refractivity contribution in [3.63, 3.8) is 0 Å². The van der Waals surface area contributed by atoms with E-state index in [4.69, 9.17) is 9.47 Å². The van der Waals surface area contributed by atoms with Crippen molar-refractivity contribution in [3.05, 3.63) is 82.9 Å². The first kappa shape index (κ1) is 35.7. The number of phenolic OH excluding ortho intramolecular Hbond substituents is 2. The van der Waals surface area contributed by atoms with Gasteiger partial charge in [-0.25, -0.2) is 0 Å². The summed E-state index contributed by atoms with van der Waals surface area (Å²) in [6.07, 6.45) is 8.01. The molecule has 2 amide bonds. The Morgan fingerprint density at radius 2 is 1.76 bits per heavy atom. The Morgan fingerprint density at radius 1 is 1.00 bits per heavy atom. The summed E-state index contributed by atoms with van der Waals surface area (Å²) in [5.41, 5.74) is 4.39. The normalized spacial score (nSPS) is 17.6. The number of nitrogens with one attached hydrogen (secondary N) is 2. The summed E-state index contributed by atoms with van der Waals surface area (Å²) >= 11 is 0. The minimum Gasteiger partial charge on any atom is -0.508 e. The van der Waals surface area contributed by atoms with E-state index in [0.717, 1.165) is 68.3 Å². The van der Waals surface area contributed by atoms with Gasteiger partial charge in [-0.2, -0.15) is 0 Å². The maximum Gasteiger partial charge on any atom is 0.262 e. The number of carbonyl (C=O) groups is 2. The molecule has 3 aliphatic rings. The molecule has 0 aromatic heterocycles. The largest absolute Gasteiger partial charge is 0.508 e. The predicted molar refractivity (Wildman–Crippen MR) is 194 cm³/mol. The summed E-state index contributed by atoms with van der Waals surface area (Å²) in [5, 5.41) is 27.3. The van der Waals surface area contributed by atoms with Crippen LogP contribution in [0.2, 0.25) is 0 Å². The number of amides is 2. The molecule has 0 bridgehead atoms. The van der Waals surface area contributed by atoms with Crippen LogP contribution in [0, 0.1) is 0 Å². The molecule has 10 nitrogen and oxygen atoms in total. The molecular weight excluding hydrogens is 632 g/mol. The molecule has 0 atom stereocenters. The number of fused-ring (bicyclic) bond motifs is 1. The smallest absolute Gasteiger partial charge is 0.262 e. The highest BCUT2D eigenvalue weighted by molar-refractivity contribution is 5.97. The summed E-state index contributed by atoms with van der Waals surface area (Å²) in [6, 6.07) is 20.2. The predicted octanol–water partition coefficient (Wildman–Crippen LogP) is 4.99. The number of hydrogen-bond acceptors (Lipinski definition) is 8. The van der Waals surface area contributed by atoms with Gasteiger partial charge < -0.3 is 40.1 Å². The van der Waals surface area contributed by atoms with Crippen molar-refractivity contribution in [2.24, 2.45) is 0 Å². The molecule has 0 radical (unpaired) electrons. The van der Waals surface area contributed by atoms with E-state index in [0.29, 0.717) is 69.3 Å². The molecule has 2 aliphatic heterocycles. The van der Waals surface area contributed by atoms with E-state index < -0.39 is 0 Å². The monoisotopic (exact) mass is 684 g/mol. The molecule has 3 aromatic rings. The molecule has 1 saturated heterocycles. The Balaban J connectivity index is 0.976. The van der Waals surface area contributed by atoms with Gasteiger partial charge in [-0.15, -0.1) is 0 Å². The second-order valence-electron chi connectivity index (χ2n) is 14.0. The first-order chi connectivity index (χ1) is 24.3. The lowest BCUT2D eigenvalue weighted by atomic mass is 9.67. The van der Waals surface area contributed by atoms with Gasteiger partial charge in [0.25, 0.3) is 5.91 Å². The zero-order chi connectivity index (χ0) is 34.9. The van der Waals surface area contributed by atoms with E-state index >= 15 is 0 Å². The molecule has 1 saturated carbocycles. The van der Waals surface area contributed by atoms with Gasteiger partial charge in [0, 0.05) is 30.1 Å². The lowest BCUT2D eigenvalue weighted by Crippen LogP contribution is -2.43. The molecular formula is C40H52N4O6. The maximum atomic E-state index is 13.4. The SMILES string of the molecule is CN1CCC(c2ccccc2)(c2cc(CCOCCC(=O)N(CCNCCc3ccc(O)c4c3OCC(=O)N4)C3CCCC3)ccc2O)CC1. The van der Waals surface area contributed by atoms with Gasteiger partial charge in [0.2, 0.25) is 5.91 Å². The van der Waals surface area contributed by atoms with Crippen molar-refractivity contribution in [2.45, 2.75) is 69.2 Å². The molecule has 3 aromatic carbocycles. The highest BCUT2D eigenvalue weighted by Gasteiger charge is 2.39. The van der Waals surface area contributed by atoms with Gasteiger partial charge in [-0.3, -0.25) is 9.59 Å². The van der Waals surface area contributed by atoms with Crippen LogP contribution in [0.1, 0.15) is 67.2 Å². The van der Waals surface area contributed by atoms with E-state index in [-0.39, 0.29) is 35.6 Å². The molecule has 2 heterocycles. The lowest BCUT2D eigenvalue weighted by Gasteiger charge is -2.42. The topological polar surface area (TPSA) is 124 Å². The lowest BCUT2D eigenvalue weighted by molar-refractivity contribution is -0.134. The van der Waals surface area contributed by atoms with Crippen molar-refractivity contribution >= 4 is 17.5 Å². The van der Waals surface area contributed by atoms with Crippen molar-refractivity contribution < 1.29 is 29.3 Å². The van der Waals surface area contributed by atoms with E-state index in [1.807, 2.05) is 29.2 Å². The van der Waals surface area contributed by atoms with Gasteiger partial charge in [0.1, 0.15) is 17.2 Å². The van der Waals surface area contributed by atoms with Crippen molar-refractivity contribution in [3.8, 4) is 17.2 Å². The Bertz CT molecular complexity index is 1600. The van der Waals surface area contributed by atoms with Gasteiger partial charge in [-0.05, 0) is 94.0 Å². The maximum absolute atomic E-state index is 13.4. The fraction of sp³-hybridized carbons (Fsp3) is 0.500. The second kappa shape index (κ2) is 16.7. The first-order valence-corrected chi connectivity index (χ1v) is 18.3. The van der Waals surface area contributed by atoms with E-state index in [9.17, 15) is 19.8 Å². The summed E-state index contributed by atoms with van der Waals surface area (Å²) in [4.78, 5) is 29.5. The zero-order valence-corrected chi connectivity index (χ0v) is 29.3. The summed E-state index contributed by atoms with van der Waals surface area (Å²) in [7, 11) is 2.16. The number of anilines is 1. The molecule has 268 valence electrons. The van der Waals surface area contributed by atoms with Crippen molar-refractivity contribution in [2.75, 3.05) is 64.9 Å². The van der Waals surface area contributed by atoms with Crippen LogP contribution in [-0.4, -0.2) is 97.5 Å². The van der Waals surface area contributed by atoms with Crippen molar-refractivity contribution in [1.82, 2.24) is 15.1 Å². The highest BCUT2D eigenvalue weighted by atomic mass is 16.5. The van der Waals surface area contributed by atoms with Crippen LogP contribution in [0.25, 0.3) is 0 Å². The van der Waals surface area contributed by atoms with Gasteiger partial charge in [-0.1, -0.05) is 61.4 Å². The number of ether oxygens (including phenoxy) is 2. The van der Waals surface area contributed by atoms with Crippen LogP contribution in [-0.2, 0) is 32.6 Å². The minimum atomic E-state index is -0.281. The average molecular weight is 685 g/mol. The Kier molecular flexibility index (Phi) is 11.9. The van der Waals surface area contributed by atoms with Gasteiger partial charge in [0.05, 0.1) is 19.6 Å². The third-order valence-corrected chi connectivity index (χ3v) is 10.8.